The zero-order valence-corrected chi connectivity index (χ0v) is 21.1. The molecule has 1 heterocycles. The molecule has 1 amide bonds. The normalized spacial score (nSPS) is 20.5. The van der Waals surface area contributed by atoms with Crippen LogP contribution in [0.2, 0.25) is 0 Å². The van der Waals surface area contributed by atoms with Crippen LogP contribution in [0.15, 0.2) is 72.8 Å². The summed E-state index contributed by atoms with van der Waals surface area (Å²) < 4.78 is 12.7. The quantitative estimate of drug-likeness (QED) is 0.346. The van der Waals surface area contributed by atoms with Gasteiger partial charge in [-0.1, -0.05) is 48.5 Å². The fourth-order valence-corrected chi connectivity index (χ4v) is 4.51. The van der Waals surface area contributed by atoms with Gasteiger partial charge in [0, 0.05) is 37.7 Å². The van der Waals surface area contributed by atoms with Crippen molar-refractivity contribution in [2.75, 3.05) is 25.5 Å². The van der Waals surface area contributed by atoms with Crippen LogP contribution in [0.1, 0.15) is 54.1 Å². The van der Waals surface area contributed by atoms with Crippen LogP contribution in [0.5, 0.6) is 5.75 Å². The van der Waals surface area contributed by atoms with Crippen molar-refractivity contribution in [3.63, 3.8) is 0 Å². The standard InChI is InChI=1S/C29H34N2O6/c1-19(33)30-24-12-10-22(11-13-24)29-36-26(15-28(37-29)21-8-6-20(18-32)7-9-21)16-31(2)17-27(35)23-4-3-5-25(34)14-23/h3-14,26-29,32,34-35H,15-18H2,1-2H3,(H,30,33)/t26-,27-,28+,29+/m1/s1. The van der Waals surface area contributed by atoms with Gasteiger partial charge in [-0.15, -0.1) is 0 Å². The number of benzene rings is 3. The van der Waals surface area contributed by atoms with Gasteiger partial charge in [-0.2, -0.15) is 0 Å². The van der Waals surface area contributed by atoms with Crippen molar-refractivity contribution in [3.05, 3.63) is 95.1 Å². The molecule has 1 fully saturated rings. The number of ether oxygens (including phenoxy) is 2. The molecule has 37 heavy (non-hydrogen) atoms. The van der Waals surface area contributed by atoms with Gasteiger partial charge in [0.25, 0.3) is 0 Å². The Bertz CT molecular complexity index is 1170. The summed E-state index contributed by atoms with van der Waals surface area (Å²) in [4.78, 5) is 13.4. The van der Waals surface area contributed by atoms with E-state index < -0.39 is 12.4 Å². The van der Waals surface area contributed by atoms with Crippen LogP contribution in [0.25, 0.3) is 0 Å². The second kappa shape index (κ2) is 12.3. The topological polar surface area (TPSA) is 111 Å². The van der Waals surface area contributed by atoms with E-state index in [0.717, 1.165) is 16.7 Å². The monoisotopic (exact) mass is 506 g/mol. The van der Waals surface area contributed by atoms with E-state index in [1.54, 1.807) is 24.3 Å². The van der Waals surface area contributed by atoms with E-state index in [-0.39, 0.29) is 30.5 Å². The number of hydrogen-bond donors (Lipinski definition) is 4. The van der Waals surface area contributed by atoms with Gasteiger partial charge >= 0.3 is 0 Å². The number of rotatable bonds is 9. The third kappa shape index (κ3) is 7.38. The Labute approximate surface area is 217 Å². The lowest BCUT2D eigenvalue weighted by Crippen LogP contribution is -2.39. The number of phenols is 1. The Hall–Kier alpha value is -3.27. The molecule has 4 rings (SSSR count). The van der Waals surface area contributed by atoms with Crippen LogP contribution >= 0.6 is 0 Å². The van der Waals surface area contributed by atoms with Crippen molar-refractivity contribution in [2.24, 2.45) is 0 Å². The van der Waals surface area contributed by atoms with Crippen LogP contribution < -0.4 is 5.32 Å². The highest BCUT2D eigenvalue weighted by atomic mass is 16.7. The van der Waals surface area contributed by atoms with Crippen molar-refractivity contribution in [2.45, 2.75) is 44.6 Å². The molecule has 0 saturated carbocycles. The number of likely N-dealkylation sites (N-methyl/N-ethyl adjacent to an activating group) is 1. The highest BCUT2D eigenvalue weighted by Gasteiger charge is 2.33. The van der Waals surface area contributed by atoms with Crippen LogP contribution in [0.4, 0.5) is 5.69 Å². The van der Waals surface area contributed by atoms with Crippen molar-refractivity contribution in [1.29, 1.82) is 0 Å². The lowest BCUT2D eigenvalue weighted by atomic mass is 9.99. The molecule has 4 atom stereocenters. The first-order valence-electron chi connectivity index (χ1n) is 12.3. The lowest BCUT2D eigenvalue weighted by molar-refractivity contribution is -0.252. The molecule has 8 nitrogen and oxygen atoms in total. The van der Waals surface area contributed by atoms with Crippen LogP contribution in [-0.4, -0.2) is 52.4 Å². The first kappa shape index (κ1) is 26.8. The molecule has 0 aliphatic carbocycles. The minimum atomic E-state index is -0.754. The van der Waals surface area contributed by atoms with E-state index in [9.17, 15) is 20.1 Å². The van der Waals surface area contributed by atoms with E-state index in [1.165, 1.54) is 6.92 Å². The molecule has 196 valence electrons. The molecule has 1 aliphatic heterocycles. The molecular weight excluding hydrogens is 472 g/mol. The minimum absolute atomic E-state index is 0.0207. The van der Waals surface area contributed by atoms with Gasteiger partial charge in [-0.25, -0.2) is 0 Å². The lowest BCUT2D eigenvalue weighted by Gasteiger charge is -2.38. The molecule has 0 radical (unpaired) electrons. The SMILES string of the molecule is CC(=O)Nc1ccc([C@H]2O[C@@H](CN(C)C[C@@H](O)c3cccc(O)c3)C[C@@H](c3ccc(CO)cc3)O2)cc1. The summed E-state index contributed by atoms with van der Waals surface area (Å²) >= 11 is 0. The van der Waals surface area contributed by atoms with Crippen molar-refractivity contribution < 1.29 is 29.6 Å². The Morgan fingerprint density at radius 2 is 1.76 bits per heavy atom. The van der Waals surface area contributed by atoms with Gasteiger partial charge in [0.2, 0.25) is 5.91 Å². The summed E-state index contributed by atoms with van der Waals surface area (Å²) in [6.45, 7) is 2.38. The van der Waals surface area contributed by atoms with Gasteiger partial charge in [0.15, 0.2) is 6.29 Å². The molecule has 0 spiro atoms. The molecule has 3 aromatic carbocycles. The summed E-state index contributed by atoms with van der Waals surface area (Å²) in [6, 6.07) is 21.7. The van der Waals surface area contributed by atoms with Gasteiger partial charge in [0.05, 0.1) is 24.9 Å². The van der Waals surface area contributed by atoms with Gasteiger partial charge in [-0.3, -0.25) is 4.79 Å². The molecule has 8 heteroatoms. The van der Waals surface area contributed by atoms with E-state index in [1.807, 2.05) is 60.5 Å². The zero-order valence-electron chi connectivity index (χ0n) is 21.1. The molecule has 1 saturated heterocycles. The van der Waals surface area contributed by atoms with Crippen LogP contribution in [0, 0.1) is 0 Å². The molecule has 0 bridgehead atoms. The smallest absolute Gasteiger partial charge is 0.221 e. The molecule has 0 aromatic heterocycles. The number of carbonyl (C=O) groups is 1. The Morgan fingerprint density at radius 3 is 2.41 bits per heavy atom. The average molecular weight is 507 g/mol. The Kier molecular flexibility index (Phi) is 8.91. The summed E-state index contributed by atoms with van der Waals surface area (Å²) in [5, 5.41) is 32.6. The number of amides is 1. The fraction of sp³-hybridized carbons (Fsp3) is 0.345. The van der Waals surface area contributed by atoms with E-state index in [0.29, 0.717) is 30.8 Å². The largest absolute Gasteiger partial charge is 0.508 e. The number of nitrogens with zero attached hydrogens (tertiary/aromatic N) is 1. The maximum atomic E-state index is 11.4. The predicted molar refractivity (Wildman–Crippen MR) is 140 cm³/mol. The molecule has 1 aliphatic rings. The Morgan fingerprint density at radius 1 is 1.05 bits per heavy atom. The third-order valence-corrected chi connectivity index (χ3v) is 6.37. The molecular formula is C29H34N2O6. The number of carbonyl (C=O) groups excluding carboxylic acids is 1. The third-order valence-electron chi connectivity index (χ3n) is 6.37. The summed E-state index contributed by atoms with van der Waals surface area (Å²) in [5.74, 6) is -0.0188. The van der Waals surface area contributed by atoms with Crippen molar-refractivity contribution in [1.82, 2.24) is 4.90 Å². The number of aliphatic hydroxyl groups excluding tert-OH is 2. The number of aromatic hydroxyl groups is 1. The van der Waals surface area contributed by atoms with Crippen LogP contribution in [-0.2, 0) is 20.9 Å². The first-order valence-corrected chi connectivity index (χ1v) is 12.3. The van der Waals surface area contributed by atoms with Gasteiger partial charge in [-0.05, 0) is 48.0 Å². The van der Waals surface area contributed by atoms with Crippen molar-refractivity contribution >= 4 is 11.6 Å². The maximum Gasteiger partial charge on any atom is 0.221 e. The first-order chi connectivity index (χ1) is 17.8. The molecule has 4 N–H and O–H groups in total. The predicted octanol–water partition coefficient (Wildman–Crippen LogP) is 4.05. The number of aliphatic hydroxyl groups is 2. The number of hydrogen-bond acceptors (Lipinski definition) is 7. The summed E-state index contributed by atoms with van der Waals surface area (Å²) in [7, 11) is 1.92. The average Bonchev–Trinajstić information content (AvgIpc) is 2.88. The number of nitrogens with one attached hydrogen (secondary N) is 1. The summed E-state index contributed by atoms with van der Waals surface area (Å²) in [6.07, 6.45) is -1.16. The van der Waals surface area contributed by atoms with Crippen LogP contribution in [0.3, 0.4) is 0 Å². The maximum absolute atomic E-state index is 11.4. The zero-order chi connectivity index (χ0) is 26.4. The van der Waals surface area contributed by atoms with Gasteiger partial charge < -0.3 is 35.0 Å². The highest BCUT2D eigenvalue weighted by Crippen LogP contribution is 2.38. The fourth-order valence-electron chi connectivity index (χ4n) is 4.51. The second-order valence-corrected chi connectivity index (χ2v) is 9.49. The van der Waals surface area contributed by atoms with Crippen molar-refractivity contribution in [3.8, 4) is 5.75 Å². The van der Waals surface area contributed by atoms with E-state index in [4.69, 9.17) is 9.47 Å². The number of anilines is 1. The van der Waals surface area contributed by atoms with Gasteiger partial charge in [0.1, 0.15) is 5.75 Å². The van der Waals surface area contributed by atoms with E-state index >= 15 is 0 Å². The second-order valence-electron chi connectivity index (χ2n) is 9.49. The number of phenolic OH excluding ortho intramolecular Hbond substituents is 1. The summed E-state index contributed by atoms with van der Waals surface area (Å²) in [5.41, 5.74) is 4.00. The van der Waals surface area contributed by atoms with E-state index in [2.05, 4.69) is 5.32 Å². The molecule has 0 unspecified atom stereocenters. The minimum Gasteiger partial charge on any atom is -0.508 e. The highest BCUT2D eigenvalue weighted by molar-refractivity contribution is 5.88. The Balaban J connectivity index is 1.49. The molecule has 3 aromatic rings.